The monoisotopic (exact) mass is 495 g/mol. The van der Waals surface area contributed by atoms with Gasteiger partial charge in [0.15, 0.2) is 5.78 Å². The molecule has 0 radical (unpaired) electrons. The second kappa shape index (κ2) is 10.4. The van der Waals surface area contributed by atoms with Crippen molar-refractivity contribution >= 4 is 5.78 Å². The highest BCUT2D eigenvalue weighted by Crippen LogP contribution is 2.42. The molecule has 192 valence electrons. The fourth-order valence-corrected chi connectivity index (χ4v) is 6.97. The van der Waals surface area contributed by atoms with Crippen LogP contribution in [-0.4, -0.2) is 43.0 Å². The highest BCUT2D eigenvalue weighted by Gasteiger charge is 2.47. The Bertz CT molecular complexity index is 1260. The summed E-state index contributed by atoms with van der Waals surface area (Å²) >= 11 is 0. The van der Waals surface area contributed by atoms with Gasteiger partial charge in [0.2, 0.25) is 0 Å². The molecule has 1 fully saturated rings. The summed E-state index contributed by atoms with van der Waals surface area (Å²) in [6, 6.07) is 25.5. The Morgan fingerprint density at radius 1 is 0.973 bits per heavy atom. The van der Waals surface area contributed by atoms with E-state index in [1.807, 2.05) is 18.2 Å². The average Bonchev–Trinajstić information content (AvgIpc) is 2.96. The van der Waals surface area contributed by atoms with Crippen LogP contribution in [0.3, 0.4) is 0 Å². The third-order valence-corrected chi connectivity index (χ3v) is 8.94. The molecular weight excluding hydrogens is 458 g/mol. The first-order chi connectivity index (χ1) is 18.2. The number of carbonyl (C=O) groups is 1. The van der Waals surface area contributed by atoms with Crippen molar-refractivity contribution in [2.45, 2.75) is 62.5 Å². The minimum absolute atomic E-state index is 0.118. The zero-order valence-corrected chi connectivity index (χ0v) is 21.8. The van der Waals surface area contributed by atoms with Crippen molar-refractivity contribution in [1.82, 2.24) is 4.90 Å². The summed E-state index contributed by atoms with van der Waals surface area (Å²) in [5, 5.41) is 0. The van der Waals surface area contributed by atoms with Crippen LogP contribution in [0.15, 0.2) is 72.8 Å². The lowest BCUT2D eigenvalue weighted by Gasteiger charge is -2.48. The first-order valence-electron chi connectivity index (χ1n) is 13.9. The molecule has 3 aromatic carbocycles. The number of hydrogen-bond donors (Lipinski definition) is 0. The lowest BCUT2D eigenvalue weighted by Crippen LogP contribution is -2.59. The average molecular weight is 496 g/mol. The summed E-state index contributed by atoms with van der Waals surface area (Å²) in [5.74, 6) is 1.45. The number of fused-ring (bicyclic) bond motifs is 2. The number of methoxy groups -OCH3 is 1. The van der Waals surface area contributed by atoms with E-state index in [0.717, 1.165) is 75.1 Å². The van der Waals surface area contributed by atoms with Gasteiger partial charge in [-0.2, -0.15) is 0 Å². The molecule has 1 spiro atoms. The van der Waals surface area contributed by atoms with Gasteiger partial charge in [-0.25, -0.2) is 0 Å². The van der Waals surface area contributed by atoms with Crippen LogP contribution in [0.4, 0.5) is 0 Å². The maximum absolute atomic E-state index is 13.9. The topological polar surface area (TPSA) is 38.8 Å². The molecule has 6 rings (SSSR count). The molecule has 2 aliphatic heterocycles. The second-order valence-corrected chi connectivity index (χ2v) is 10.9. The van der Waals surface area contributed by atoms with Crippen molar-refractivity contribution in [3.63, 3.8) is 0 Å². The summed E-state index contributed by atoms with van der Waals surface area (Å²) < 4.78 is 11.9. The maximum Gasteiger partial charge on any atom is 0.183 e. The Labute approximate surface area is 220 Å². The summed E-state index contributed by atoms with van der Waals surface area (Å²) in [6.07, 6.45) is 7.25. The van der Waals surface area contributed by atoms with Crippen molar-refractivity contribution in [3.05, 3.63) is 101 Å². The maximum atomic E-state index is 13.9. The van der Waals surface area contributed by atoms with Crippen LogP contribution in [0.25, 0.3) is 0 Å². The van der Waals surface area contributed by atoms with E-state index in [0.29, 0.717) is 5.78 Å². The van der Waals surface area contributed by atoms with E-state index in [1.165, 1.54) is 23.1 Å². The van der Waals surface area contributed by atoms with Gasteiger partial charge in [-0.1, -0.05) is 54.6 Å². The summed E-state index contributed by atoms with van der Waals surface area (Å²) in [6.45, 7) is 2.68. The van der Waals surface area contributed by atoms with Crippen molar-refractivity contribution < 1.29 is 14.3 Å². The Hall–Kier alpha value is -2.95. The predicted octanol–water partition coefficient (Wildman–Crippen LogP) is 6.73. The molecule has 3 atom stereocenters. The van der Waals surface area contributed by atoms with Gasteiger partial charge in [-0.15, -0.1) is 0 Å². The second-order valence-electron chi connectivity index (χ2n) is 10.9. The van der Waals surface area contributed by atoms with E-state index in [4.69, 9.17) is 9.47 Å². The molecule has 0 N–H and O–H groups in total. The van der Waals surface area contributed by atoms with Gasteiger partial charge in [-0.05, 0) is 98.5 Å². The van der Waals surface area contributed by atoms with Crippen LogP contribution < -0.4 is 4.74 Å². The molecule has 1 saturated heterocycles. The number of carbonyl (C=O) groups excluding carboxylic acids is 1. The SMILES string of the molecule is COc1ccc2c(c1)CCC1(CCCCN1CCCC1OCC(c3ccccc3)c3ccccc31)C2=O. The highest BCUT2D eigenvalue weighted by atomic mass is 16.5. The molecule has 3 aliphatic rings. The number of ketones is 1. The number of Topliss-reactive ketones (excluding diaryl/α,β-unsaturated/α-hetero) is 1. The molecule has 0 bridgehead atoms. The smallest absolute Gasteiger partial charge is 0.183 e. The Balaban J connectivity index is 1.16. The lowest BCUT2D eigenvalue weighted by atomic mass is 9.71. The van der Waals surface area contributed by atoms with Crippen LogP contribution in [-0.2, 0) is 11.2 Å². The van der Waals surface area contributed by atoms with Crippen LogP contribution in [0.5, 0.6) is 5.75 Å². The molecule has 3 aromatic rings. The van der Waals surface area contributed by atoms with Gasteiger partial charge >= 0.3 is 0 Å². The molecule has 4 nitrogen and oxygen atoms in total. The van der Waals surface area contributed by atoms with Crippen LogP contribution in [0.2, 0.25) is 0 Å². The molecule has 1 aliphatic carbocycles. The normalized spacial score (nSPS) is 25.5. The molecular formula is C33H37NO3. The van der Waals surface area contributed by atoms with E-state index in [2.05, 4.69) is 59.5 Å². The van der Waals surface area contributed by atoms with Gasteiger partial charge in [0.1, 0.15) is 5.75 Å². The number of rotatable bonds is 6. The summed E-state index contributed by atoms with van der Waals surface area (Å²) in [4.78, 5) is 16.4. The first-order valence-corrected chi connectivity index (χ1v) is 13.9. The van der Waals surface area contributed by atoms with Crippen molar-refractivity contribution in [2.24, 2.45) is 0 Å². The number of piperidine rings is 1. The predicted molar refractivity (Wildman–Crippen MR) is 146 cm³/mol. The zero-order chi connectivity index (χ0) is 25.2. The Morgan fingerprint density at radius 2 is 1.78 bits per heavy atom. The molecule has 4 heteroatoms. The lowest BCUT2D eigenvalue weighted by molar-refractivity contribution is 0.0122. The fourth-order valence-electron chi connectivity index (χ4n) is 6.97. The zero-order valence-electron chi connectivity index (χ0n) is 21.8. The summed E-state index contributed by atoms with van der Waals surface area (Å²) in [7, 11) is 1.69. The number of likely N-dealkylation sites (tertiary alicyclic amines) is 1. The van der Waals surface area contributed by atoms with Gasteiger partial charge in [0, 0.05) is 11.5 Å². The van der Waals surface area contributed by atoms with E-state index in [9.17, 15) is 4.79 Å². The molecule has 0 aromatic heterocycles. The van der Waals surface area contributed by atoms with Gasteiger partial charge in [0.05, 0.1) is 25.4 Å². The molecule has 2 heterocycles. The van der Waals surface area contributed by atoms with E-state index in [-0.39, 0.29) is 17.6 Å². The molecule has 37 heavy (non-hydrogen) atoms. The molecule has 0 saturated carbocycles. The van der Waals surface area contributed by atoms with Crippen molar-refractivity contribution in [2.75, 3.05) is 26.8 Å². The van der Waals surface area contributed by atoms with Gasteiger partial charge in [-0.3, -0.25) is 9.69 Å². The van der Waals surface area contributed by atoms with Crippen molar-refractivity contribution in [1.29, 1.82) is 0 Å². The fraction of sp³-hybridized carbons (Fsp3) is 0.424. The molecule has 3 unspecified atom stereocenters. The molecule has 0 amide bonds. The van der Waals surface area contributed by atoms with E-state index < -0.39 is 0 Å². The Morgan fingerprint density at radius 3 is 2.62 bits per heavy atom. The number of hydrogen-bond acceptors (Lipinski definition) is 4. The number of ether oxygens (including phenoxy) is 2. The largest absolute Gasteiger partial charge is 0.497 e. The minimum atomic E-state index is -0.344. The van der Waals surface area contributed by atoms with Crippen LogP contribution >= 0.6 is 0 Å². The van der Waals surface area contributed by atoms with Gasteiger partial charge in [0.25, 0.3) is 0 Å². The van der Waals surface area contributed by atoms with Crippen LogP contribution in [0, 0.1) is 0 Å². The van der Waals surface area contributed by atoms with Crippen molar-refractivity contribution in [3.8, 4) is 5.75 Å². The number of benzene rings is 3. The number of nitrogens with zero attached hydrogens (tertiary/aromatic N) is 1. The Kier molecular flexibility index (Phi) is 6.88. The first kappa shape index (κ1) is 24.4. The standard InChI is InChI=1S/C33H37NO3/c1-36-26-15-16-27-25(22-26)17-19-33(32(27)35)18-7-8-20-34(33)21-9-14-31-29-13-6-5-12-28(29)30(23-37-31)24-10-3-2-4-11-24/h2-6,10-13,15-16,22,30-31H,7-9,14,17-21,23H2,1H3. The highest BCUT2D eigenvalue weighted by molar-refractivity contribution is 6.05. The van der Waals surface area contributed by atoms with Crippen LogP contribution in [0.1, 0.15) is 83.2 Å². The number of aryl methyl sites for hydroxylation is 1. The van der Waals surface area contributed by atoms with Gasteiger partial charge < -0.3 is 9.47 Å². The third kappa shape index (κ3) is 4.51. The summed E-state index contributed by atoms with van der Waals surface area (Å²) in [5.41, 5.74) is 5.73. The minimum Gasteiger partial charge on any atom is -0.497 e. The van der Waals surface area contributed by atoms with E-state index in [1.54, 1.807) is 7.11 Å². The third-order valence-electron chi connectivity index (χ3n) is 8.94. The van der Waals surface area contributed by atoms with E-state index >= 15 is 0 Å². The quantitative estimate of drug-likeness (QED) is 0.380.